The summed E-state index contributed by atoms with van der Waals surface area (Å²) in [4.78, 5) is 26.4. The quantitative estimate of drug-likeness (QED) is 0.882. The van der Waals surface area contributed by atoms with Gasteiger partial charge in [0.1, 0.15) is 0 Å². The lowest BCUT2D eigenvalue weighted by atomic mass is 9.89. The molecule has 1 heterocycles. The molecular weight excluding hydrogens is 302 g/mol. The zero-order chi connectivity index (χ0) is 16.9. The molecule has 1 aliphatic carbocycles. The van der Waals surface area contributed by atoms with Crippen LogP contribution >= 0.6 is 0 Å². The fourth-order valence-corrected chi connectivity index (χ4v) is 3.87. The monoisotopic (exact) mass is 329 g/mol. The van der Waals surface area contributed by atoms with Crippen molar-refractivity contribution in [2.45, 2.75) is 44.1 Å². The van der Waals surface area contributed by atoms with Crippen LogP contribution in [0, 0.1) is 5.92 Å². The van der Waals surface area contributed by atoms with Crippen molar-refractivity contribution in [3.8, 4) is 0 Å². The van der Waals surface area contributed by atoms with Crippen molar-refractivity contribution < 1.29 is 9.59 Å². The van der Waals surface area contributed by atoms with E-state index in [0.29, 0.717) is 13.1 Å². The summed E-state index contributed by atoms with van der Waals surface area (Å²) < 4.78 is 0. The van der Waals surface area contributed by atoms with Gasteiger partial charge in [-0.25, -0.2) is 0 Å². The number of carbonyl (C=O) groups excluding carboxylic acids is 2. The van der Waals surface area contributed by atoms with Crippen LogP contribution in [0.25, 0.3) is 0 Å². The molecule has 0 spiro atoms. The summed E-state index contributed by atoms with van der Waals surface area (Å²) in [6, 6.07) is 10.0. The van der Waals surface area contributed by atoms with Crippen LogP contribution < -0.4 is 11.1 Å². The van der Waals surface area contributed by atoms with Gasteiger partial charge in [-0.15, -0.1) is 0 Å². The summed E-state index contributed by atoms with van der Waals surface area (Å²) in [5, 5.41) is 2.83. The van der Waals surface area contributed by atoms with E-state index in [4.69, 9.17) is 5.73 Å². The first kappa shape index (κ1) is 17.0. The van der Waals surface area contributed by atoms with Crippen molar-refractivity contribution in [2.75, 3.05) is 19.6 Å². The molecule has 2 aliphatic rings. The normalized spacial score (nSPS) is 24.8. The van der Waals surface area contributed by atoms with E-state index in [1.165, 1.54) is 12.0 Å². The second-order valence-electron chi connectivity index (χ2n) is 7.03. The van der Waals surface area contributed by atoms with Crippen molar-refractivity contribution >= 4 is 11.8 Å². The number of nitrogens with two attached hydrogens (primary N) is 1. The lowest BCUT2D eigenvalue weighted by molar-refractivity contribution is -0.133. The number of nitrogens with zero attached hydrogens (tertiary/aromatic N) is 1. The smallest absolute Gasteiger partial charge is 0.242 e. The summed E-state index contributed by atoms with van der Waals surface area (Å²) >= 11 is 0. The lowest BCUT2D eigenvalue weighted by Gasteiger charge is -2.22. The molecule has 24 heavy (non-hydrogen) atoms. The summed E-state index contributed by atoms with van der Waals surface area (Å²) in [6.45, 7) is 1.27. The Bertz CT molecular complexity index is 569. The SMILES string of the molecule is N[C@@H]1CN(C(=O)CNC(=O)C2CCCCC2)C[C@H]1c1ccccc1. The third-order valence-corrected chi connectivity index (χ3v) is 5.34. The van der Waals surface area contributed by atoms with Crippen LogP contribution in [-0.2, 0) is 9.59 Å². The van der Waals surface area contributed by atoms with Crippen LogP contribution in [0.2, 0.25) is 0 Å². The number of carbonyl (C=O) groups is 2. The molecule has 1 saturated heterocycles. The first-order valence-corrected chi connectivity index (χ1v) is 9.01. The average molecular weight is 329 g/mol. The zero-order valence-electron chi connectivity index (χ0n) is 14.1. The molecule has 3 N–H and O–H groups in total. The van der Waals surface area contributed by atoms with Crippen molar-refractivity contribution in [1.82, 2.24) is 10.2 Å². The standard InChI is InChI=1S/C19H27N3O2/c20-17-13-22(12-16(17)14-7-3-1-4-8-14)18(23)11-21-19(24)15-9-5-2-6-10-15/h1,3-4,7-8,15-17H,2,5-6,9-13,20H2,(H,21,24)/t16-,17+/m0/s1. The molecule has 1 saturated carbocycles. The van der Waals surface area contributed by atoms with Crippen LogP contribution in [-0.4, -0.2) is 42.4 Å². The number of benzene rings is 1. The van der Waals surface area contributed by atoms with E-state index in [0.717, 1.165) is 25.7 Å². The Kier molecular flexibility index (Phi) is 5.51. The molecule has 0 radical (unpaired) electrons. The molecule has 1 aliphatic heterocycles. The van der Waals surface area contributed by atoms with E-state index in [1.807, 2.05) is 18.2 Å². The van der Waals surface area contributed by atoms with Gasteiger partial charge in [0, 0.05) is 31.0 Å². The molecule has 0 unspecified atom stereocenters. The Morgan fingerprint density at radius 1 is 1.08 bits per heavy atom. The maximum atomic E-state index is 12.4. The van der Waals surface area contributed by atoms with E-state index >= 15 is 0 Å². The van der Waals surface area contributed by atoms with Crippen molar-refractivity contribution in [3.63, 3.8) is 0 Å². The Morgan fingerprint density at radius 2 is 1.79 bits per heavy atom. The van der Waals surface area contributed by atoms with Crippen molar-refractivity contribution in [3.05, 3.63) is 35.9 Å². The Morgan fingerprint density at radius 3 is 2.50 bits per heavy atom. The number of rotatable bonds is 4. The van der Waals surface area contributed by atoms with Gasteiger partial charge in [0.05, 0.1) is 6.54 Å². The highest BCUT2D eigenvalue weighted by Crippen LogP contribution is 2.26. The van der Waals surface area contributed by atoms with E-state index in [2.05, 4.69) is 17.4 Å². The average Bonchev–Trinajstić information content (AvgIpc) is 3.02. The zero-order valence-corrected chi connectivity index (χ0v) is 14.1. The number of nitrogens with one attached hydrogen (secondary N) is 1. The van der Waals surface area contributed by atoms with Gasteiger partial charge in [-0.3, -0.25) is 9.59 Å². The van der Waals surface area contributed by atoms with Gasteiger partial charge in [0.25, 0.3) is 0 Å². The summed E-state index contributed by atoms with van der Waals surface area (Å²) in [6.07, 6.45) is 5.35. The molecule has 130 valence electrons. The van der Waals surface area contributed by atoms with Gasteiger partial charge in [0.15, 0.2) is 0 Å². The lowest BCUT2D eigenvalue weighted by Crippen LogP contribution is -2.42. The molecule has 5 heteroatoms. The molecule has 2 atom stereocenters. The number of hydrogen-bond acceptors (Lipinski definition) is 3. The number of likely N-dealkylation sites (tertiary alicyclic amines) is 1. The predicted octanol–water partition coefficient (Wildman–Crippen LogP) is 1.64. The maximum Gasteiger partial charge on any atom is 0.242 e. The van der Waals surface area contributed by atoms with Gasteiger partial charge in [0.2, 0.25) is 11.8 Å². The van der Waals surface area contributed by atoms with Gasteiger partial charge in [-0.1, -0.05) is 49.6 Å². The molecule has 5 nitrogen and oxygen atoms in total. The molecule has 1 aromatic carbocycles. The minimum atomic E-state index is -0.0506. The topological polar surface area (TPSA) is 75.4 Å². The molecule has 0 bridgehead atoms. The van der Waals surface area contributed by atoms with Gasteiger partial charge in [-0.05, 0) is 18.4 Å². The van der Waals surface area contributed by atoms with E-state index in [-0.39, 0.29) is 36.2 Å². The summed E-state index contributed by atoms with van der Waals surface area (Å²) in [5.41, 5.74) is 7.40. The highest BCUT2D eigenvalue weighted by atomic mass is 16.2. The molecular formula is C19H27N3O2. The predicted molar refractivity (Wildman–Crippen MR) is 93.3 cm³/mol. The number of hydrogen-bond donors (Lipinski definition) is 2. The fraction of sp³-hybridized carbons (Fsp3) is 0.579. The second kappa shape index (κ2) is 7.79. The van der Waals surface area contributed by atoms with Crippen LogP contribution in [0.1, 0.15) is 43.6 Å². The minimum Gasteiger partial charge on any atom is -0.347 e. The largest absolute Gasteiger partial charge is 0.347 e. The van der Waals surface area contributed by atoms with E-state index in [1.54, 1.807) is 4.90 Å². The Hall–Kier alpha value is -1.88. The molecule has 2 amide bonds. The number of amides is 2. The van der Waals surface area contributed by atoms with Gasteiger partial charge < -0.3 is 16.0 Å². The van der Waals surface area contributed by atoms with Crippen LogP contribution in [0.15, 0.2) is 30.3 Å². The van der Waals surface area contributed by atoms with Crippen molar-refractivity contribution in [1.29, 1.82) is 0 Å². The first-order chi connectivity index (χ1) is 11.6. The summed E-state index contributed by atoms with van der Waals surface area (Å²) in [7, 11) is 0. The Labute approximate surface area is 143 Å². The fourth-order valence-electron chi connectivity index (χ4n) is 3.87. The molecule has 0 aromatic heterocycles. The third-order valence-electron chi connectivity index (χ3n) is 5.34. The third kappa shape index (κ3) is 3.96. The molecule has 1 aromatic rings. The minimum absolute atomic E-state index is 0.0335. The highest BCUT2D eigenvalue weighted by molar-refractivity contribution is 5.86. The summed E-state index contributed by atoms with van der Waals surface area (Å²) in [5.74, 6) is 0.257. The highest BCUT2D eigenvalue weighted by Gasteiger charge is 2.34. The maximum absolute atomic E-state index is 12.4. The van der Waals surface area contributed by atoms with Crippen molar-refractivity contribution in [2.24, 2.45) is 11.7 Å². The molecule has 2 fully saturated rings. The van der Waals surface area contributed by atoms with Crippen LogP contribution in [0.3, 0.4) is 0 Å². The molecule has 3 rings (SSSR count). The van der Waals surface area contributed by atoms with Gasteiger partial charge >= 0.3 is 0 Å². The first-order valence-electron chi connectivity index (χ1n) is 9.01. The van der Waals surface area contributed by atoms with Crippen LogP contribution in [0.5, 0.6) is 0 Å². The second-order valence-corrected chi connectivity index (χ2v) is 7.03. The van der Waals surface area contributed by atoms with Gasteiger partial charge in [-0.2, -0.15) is 0 Å². The van der Waals surface area contributed by atoms with Crippen LogP contribution in [0.4, 0.5) is 0 Å². The Balaban J connectivity index is 1.50. The van der Waals surface area contributed by atoms with E-state index < -0.39 is 0 Å². The van der Waals surface area contributed by atoms with E-state index in [9.17, 15) is 9.59 Å².